The molecule has 0 radical (unpaired) electrons. The van der Waals surface area contributed by atoms with Crippen molar-refractivity contribution >= 4 is 21.6 Å². The van der Waals surface area contributed by atoms with Gasteiger partial charge < -0.3 is 4.98 Å². The second-order valence-corrected chi connectivity index (χ2v) is 3.32. The highest BCUT2D eigenvalue weighted by Crippen LogP contribution is 2.25. The molecule has 2 aromatic rings. The van der Waals surface area contributed by atoms with E-state index in [4.69, 9.17) is 5.26 Å². The zero-order chi connectivity index (χ0) is 7.84. The third-order valence-electron chi connectivity index (χ3n) is 1.75. The van der Waals surface area contributed by atoms with Crippen molar-refractivity contribution in [2.24, 2.45) is 0 Å². The molecule has 0 atom stereocenters. The number of nitrogens with one attached hydrogen (secondary N) is 1. The van der Waals surface area contributed by atoms with E-state index >= 15 is 0 Å². The molecule has 11 heavy (non-hydrogen) atoms. The van der Waals surface area contributed by atoms with E-state index in [0.717, 1.165) is 11.1 Å². The summed E-state index contributed by atoms with van der Waals surface area (Å²) in [5.41, 5.74) is 2.83. The molecule has 0 spiro atoms. The van der Waals surface area contributed by atoms with Gasteiger partial charge in [0.25, 0.3) is 0 Å². The molecule has 0 aliphatic rings. The van der Waals surface area contributed by atoms with Crippen molar-refractivity contribution in [2.75, 3.05) is 0 Å². The Hall–Kier alpha value is -1.27. The summed E-state index contributed by atoms with van der Waals surface area (Å²) in [5, 5.41) is 10.7. The van der Waals surface area contributed by atoms with Gasteiger partial charge in [0, 0.05) is 5.56 Å². The molecule has 0 unspecified atom stereocenters. The summed E-state index contributed by atoms with van der Waals surface area (Å²) >= 11 is 1.67. The van der Waals surface area contributed by atoms with E-state index in [2.05, 4.69) is 11.1 Å². The van der Waals surface area contributed by atoms with Gasteiger partial charge in [-0.2, -0.15) is 5.26 Å². The minimum atomic E-state index is 0.687. The van der Waals surface area contributed by atoms with Crippen molar-refractivity contribution < 1.29 is 0 Å². The zero-order valence-corrected chi connectivity index (χ0v) is 6.83. The van der Waals surface area contributed by atoms with Crippen LogP contribution in [0.1, 0.15) is 11.3 Å². The quantitative estimate of drug-likeness (QED) is 0.634. The Morgan fingerprint density at radius 3 is 3.09 bits per heavy atom. The Labute approximate surface area is 68.1 Å². The number of nitriles is 1. The molecule has 3 heteroatoms. The van der Waals surface area contributed by atoms with Crippen molar-refractivity contribution in [3.63, 3.8) is 0 Å². The molecule has 1 N–H and O–H groups in total. The summed E-state index contributed by atoms with van der Waals surface area (Å²) in [5.74, 6) is 0. The lowest BCUT2D eigenvalue weighted by Gasteiger charge is -1.81. The number of hydrogen-bond donors (Lipinski definition) is 1. The summed E-state index contributed by atoms with van der Waals surface area (Å²) in [6.07, 6.45) is 0. The molecule has 0 fully saturated rings. The minimum absolute atomic E-state index is 0.687. The van der Waals surface area contributed by atoms with Crippen LogP contribution in [0.15, 0.2) is 11.4 Å². The van der Waals surface area contributed by atoms with Crippen LogP contribution in [0.25, 0.3) is 10.2 Å². The SMILES string of the molecule is Cc1c(C#N)[nH]c2ccsc12. The third-order valence-corrected chi connectivity index (χ3v) is 2.79. The summed E-state index contributed by atoms with van der Waals surface area (Å²) in [6, 6.07) is 4.12. The fraction of sp³-hybridized carbons (Fsp3) is 0.125. The van der Waals surface area contributed by atoms with Crippen molar-refractivity contribution in [3.8, 4) is 6.07 Å². The summed E-state index contributed by atoms with van der Waals surface area (Å²) < 4.78 is 1.20. The number of thiophene rings is 1. The van der Waals surface area contributed by atoms with Crippen LogP contribution in [0.5, 0.6) is 0 Å². The molecule has 54 valence electrons. The highest BCUT2D eigenvalue weighted by atomic mass is 32.1. The largest absolute Gasteiger partial charge is 0.345 e. The number of nitrogens with zero attached hydrogens (tertiary/aromatic N) is 1. The van der Waals surface area contributed by atoms with Gasteiger partial charge >= 0.3 is 0 Å². The van der Waals surface area contributed by atoms with Gasteiger partial charge in [0.05, 0.1) is 10.2 Å². The number of aromatic amines is 1. The van der Waals surface area contributed by atoms with E-state index in [0.29, 0.717) is 5.69 Å². The molecule has 2 heterocycles. The van der Waals surface area contributed by atoms with Crippen LogP contribution in [0, 0.1) is 18.3 Å². The van der Waals surface area contributed by atoms with E-state index in [1.54, 1.807) is 11.3 Å². The maximum atomic E-state index is 8.66. The fourth-order valence-electron chi connectivity index (χ4n) is 1.15. The number of H-pyrrole nitrogens is 1. The van der Waals surface area contributed by atoms with E-state index < -0.39 is 0 Å². The molecule has 0 amide bonds. The maximum absolute atomic E-state index is 8.66. The monoisotopic (exact) mass is 162 g/mol. The second-order valence-electron chi connectivity index (χ2n) is 2.40. The molecular weight excluding hydrogens is 156 g/mol. The minimum Gasteiger partial charge on any atom is -0.345 e. The Morgan fingerprint density at radius 1 is 1.64 bits per heavy atom. The maximum Gasteiger partial charge on any atom is 0.122 e. The van der Waals surface area contributed by atoms with Crippen LogP contribution in [-0.4, -0.2) is 4.98 Å². The van der Waals surface area contributed by atoms with Crippen LogP contribution < -0.4 is 0 Å². The van der Waals surface area contributed by atoms with Crippen molar-refractivity contribution in [1.29, 1.82) is 5.26 Å². The number of rotatable bonds is 0. The first-order valence-corrected chi connectivity index (χ1v) is 4.17. The van der Waals surface area contributed by atoms with Crippen molar-refractivity contribution in [1.82, 2.24) is 4.98 Å². The molecule has 0 saturated carbocycles. The predicted octanol–water partition coefficient (Wildman–Crippen LogP) is 2.41. The van der Waals surface area contributed by atoms with Crippen LogP contribution in [0.2, 0.25) is 0 Å². The number of aryl methyl sites for hydroxylation is 1. The Balaban J connectivity index is 2.90. The first kappa shape index (κ1) is 6.44. The molecule has 0 saturated heterocycles. The van der Waals surface area contributed by atoms with E-state index in [-0.39, 0.29) is 0 Å². The molecule has 0 aromatic carbocycles. The molecule has 2 rings (SSSR count). The average Bonchev–Trinajstić information content (AvgIpc) is 2.53. The van der Waals surface area contributed by atoms with Gasteiger partial charge in [0.1, 0.15) is 11.8 Å². The topological polar surface area (TPSA) is 39.6 Å². The Kier molecular flexibility index (Phi) is 1.23. The lowest BCUT2D eigenvalue weighted by Crippen LogP contribution is -1.74. The molecule has 0 bridgehead atoms. The summed E-state index contributed by atoms with van der Waals surface area (Å²) in [7, 11) is 0. The molecule has 0 aliphatic heterocycles. The summed E-state index contributed by atoms with van der Waals surface area (Å²) in [6.45, 7) is 1.97. The van der Waals surface area contributed by atoms with Crippen LogP contribution in [0.4, 0.5) is 0 Å². The highest BCUT2D eigenvalue weighted by molar-refractivity contribution is 7.17. The number of fused-ring (bicyclic) bond motifs is 1. The van der Waals surface area contributed by atoms with Gasteiger partial charge in [0.2, 0.25) is 0 Å². The first-order valence-electron chi connectivity index (χ1n) is 3.29. The highest BCUT2D eigenvalue weighted by Gasteiger charge is 2.06. The molecular formula is C8H6N2S. The number of hydrogen-bond acceptors (Lipinski definition) is 2. The molecule has 0 aliphatic carbocycles. The zero-order valence-electron chi connectivity index (χ0n) is 6.01. The van der Waals surface area contributed by atoms with Gasteiger partial charge in [-0.05, 0) is 18.4 Å². The summed E-state index contributed by atoms with van der Waals surface area (Å²) in [4.78, 5) is 3.04. The van der Waals surface area contributed by atoms with Gasteiger partial charge in [-0.3, -0.25) is 0 Å². The lowest BCUT2D eigenvalue weighted by atomic mass is 10.3. The van der Waals surface area contributed by atoms with E-state index in [1.807, 2.05) is 18.4 Å². The molecule has 2 aromatic heterocycles. The smallest absolute Gasteiger partial charge is 0.122 e. The number of aromatic nitrogens is 1. The predicted molar refractivity (Wildman–Crippen MR) is 45.6 cm³/mol. The van der Waals surface area contributed by atoms with Crippen LogP contribution >= 0.6 is 11.3 Å². The Morgan fingerprint density at radius 2 is 2.45 bits per heavy atom. The van der Waals surface area contributed by atoms with Crippen LogP contribution in [0.3, 0.4) is 0 Å². The lowest BCUT2D eigenvalue weighted by molar-refractivity contribution is 1.33. The average molecular weight is 162 g/mol. The second kappa shape index (κ2) is 2.11. The normalized spacial score (nSPS) is 10.2. The van der Waals surface area contributed by atoms with Crippen molar-refractivity contribution in [2.45, 2.75) is 6.92 Å². The first-order chi connectivity index (χ1) is 5.33. The van der Waals surface area contributed by atoms with Gasteiger partial charge in [-0.25, -0.2) is 0 Å². The standard InChI is InChI=1S/C8H6N2S/c1-5-7(4-9)10-6-2-3-11-8(5)6/h2-3,10H,1H3. The van der Waals surface area contributed by atoms with Gasteiger partial charge in [-0.1, -0.05) is 0 Å². The van der Waals surface area contributed by atoms with Gasteiger partial charge in [0.15, 0.2) is 0 Å². The van der Waals surface area contributed by atoms with Crippen LogP contribution in [-0.2, 0) is 0 Å². The fourth-order valence-corrected chi connectivity index (χ4v) is 2.02. The van der Waals surface area contributed by atoms with E-state index in [9.17, 15) is 0 Å². The Bertz CT molecular complexity index is 430. The molecule has 2 nitrogen and oxygen atoms in total. The third kappa shape index (κ3) is 0.765. The van der Waals surface area contributed by atoms with Crippen molar-refractivity contribution in [3.05, 3.63) is 22.7 Å². The van der Waals surface area contributed by atoms with E-state index in [1.165, 1.54) is 4.70 Å². The van der Waals surface area contributed by atoms with Gasteiger partial charge in [-0.15, -0.1) is 11.3 Å².